The lowest BCUT2D eigenvalue weighted by Crippen LogP contribution is -2.20. The fraction of sp³-hybridized carbons (Fsp3) is 0.235. The second kappa shape index (κ2) is 7.60. The molecule has 0 aliphatic heterocycles. The summed E-state index contributed by atoms with van der Waals surface area (Å²) in [6.45, 7) is 3.57. The van der Waals surface area contributed by atoms with E-state index >= 15 is 0 Å². The third-order valence-corrected chi connectivity index (χ3v) is 4.79. The summed E-state index contributed by atoms with van der Waals surface area (Å²) < 4.78 is 53.0. The molecule has 0 saturated heterocycles. The fourth-order valence-electron chi connectivity index (χ4n) is 2.13. The summed E-state index contributed by atoms with van der Waals surface area (Å²) in [5.41, 5.74) is 2.25. The van der Waals surface area contributed by atoms with Crippen molar-refractivity contribution >= 4 is 21.4 Å². The molecule has 0 saturated carbocycles. The van der Waals surface area contributed by atoms with Crippen LogP contribution in [-0.2, 0) is 14.6 Å². The van der Waals surface area contributed by atoms with Crippen LogP contribution in [-0.4, -0.2) is 26.7 Å². The lowest BCUT2D eigenvalue weighted by molar-refractivity contribution is -0.118. The van der Waals surface area contributed by atoms with E-state index < -0.39 is 26.4 Å². The molecule has 2 rings (SSSR count). The second-order valence-corrected chi connectivity index (χ2v) is 7.35. The molecule has 1 N–H and O–H groups in total. The highest BCUT2D eigenvalue weighted by Gasteiger charge is 2.26. The number of nitrogens with one attached hydrogen (secondary N) is 1. The van der Waals surface area contributed by atoms with Gasteiger partial charge in [-0.05, 0) is 49.7 Å². The zero-order valence-corrected chi connectivity index (χ0v) is 14.4. The minimum Gasteiger partial charge on any atom is -0.483 e. The number of alkyl halides is 2. The molecule has 0 aliphatic rings. The first kappa shape index (κ1) is 18.9. The molecule has 0 heterocycles. The van der Waals surface area contributed by atoms with Gasteiger partial charge in [-0.2, -0.15) is 8.78 Å². The van der Waals surface area contributed by atoms with Gasteiger partial charge in [0.1, 0.15) is 5.75 Å². The van der Waals surface area contributed by atoms with Gasteiger partial charge in [0.05, 0.1) is 4.90 Å². The molecule has 0 fully saturated rings. The molecular formula is C17H17F2NO4S. The SMILES string of the molecule is Cc1ccc(OCC(=O)Nc2ccc(S(=O)(=O)C(F)F)cc2)c(C)c1. The first-order valence-corrected chi connectivity index (χ1v) is 8.87. The van der Waals surface area contributed by atoms with Crippen LogP contribution in [0.1, 0.15) is 11.1 Å². The van der Waals surface area contributed by atoms with Gasteiger partial charge in [0, 0.05) is 5.69 Å². The number of hydrogen-bond donors (Lipinski definition) is 1. The van der Waals surface area contributed by atoms with Crippen LogP contribution < -0.4 is 10.1 Å². The van der Waals surface area contributed by atoms with Gasteiger partial charge in [-0.25, -0.2) is 8.42 Å². The summed E-state index contributed by atoms with van der Waals surface area (Å²) in [5, 5.41) is 2.50. The van der Waals surface area contributed by atoms with Gasteiger partial charge in [0.2, 0.25) is 9.84 Å². The highest BCUT2D eigenvalue weighted by molar-refractivity contribution is 7.91. The van der Waals surface area contributed by atoms with Gasteiger partial charge in [0.25, 0.3) is 5.91 Å². The van der Waals surface area contributed by atoms with E-state index in [1.807, 2.05) is 26.0 Å². The number of carbonyl (C=O) groups is 1. The van der Waals surface area contributed by atoms with E-state index in [9.17, 15) is 22.0 Å². The largest absolute Gasteiger partial charge is 0.483 e. The Morgan fingerprint density at radius 3 is 2.32 bits per heavy atom. The normalized spacial score (nSPS) is 11.4. The maximum atomic E-state index is 12.5. The number of sulfone groups is 1. The maximum absolute atomic E-state index is 12.5. The van der Waals surface area contributed by atoms with Crippen LogP contribution in [0, 0.1) is 13.8 Å². The lowest BCUT2D eigenvalue weighted by Gasteiger charge is -2.10. The topological polar surface area (TPSA) is 72.5 Å². The summed E-state index contributed by atoms with van der Waals surface area (Å²) in [7, 11) is -4.65. The van der Waals surface area contributed by atoms with Crippen LogP contribution in [0.3, 0.4) is 0 Å². The number of carbonyl (C=O) groups excluding carboxylic acids is 1. The first-order chi connectivity index (χ1) is 11.7. The number of benzene rings is 2. The molecule has 2 aromatic carbocycles. The van der Waals surface area contributed by atoms with Crippen molar-refractivity contribution in [3.63, 3.8) is 0 Å². The van der Waals surface area contributed by atoms with E-state index in [-0.39, 0.29) is 12.3 Å². The van der Waals surface area contributed by atoms with Crippen LogP contribution in [0.5, 0.6) is 5.75 Å². The van der Waals surface area contributed by atoms with E-state index in [0.717, 1.165) is 23.3 Å². The molecule has 0 aromatic heterocycles. The predicted octanol–water partition coefficient (Wildman–Crippen LogP) is 3.32. The Hall–Kier alpha value is -2.48. The fourth-order valence-corrected chi connectivity index (χ4v) is 2.85. The smallest absolute Gasteiger partial charge is 0.341 e. The monoisotopic (exact) mass is 369 g/mol. The minimum atomic E-state index is -4.65. The summed E-state index contributed by atoms with van der Waals surface area (Å²) in [5.74, 6) is -3.36. The highest BCUT2D eigenvalue weighted by Crippen LogP contribution is 2.21. The molecule has 0 bridgehead atoms. The van der Waals surface area contributed by atoms with Gasteiger partial charge < -0.3 is 10.1 Å². The van der Waals surface area contributed by atoms with Crippen molar-refractivity contribution in [2.24, 2.45) is 0 Å². The van der Waals surface area contributed by atoms with Gasteiger partial charge in [-0.1, -0.05) is 17.7 Å². The first-order valence-electron chi connectivity index (χ1n) is 7.32. The van der Waals surface area contributed by atoms with Crippen LogP contribution in [0.2, 0.25) is 0 Å². The molecule has 134 valence electrons. The lowest BCUT2D eigenvalue weighted by atomic mass is 10.1. The summed E-state index contributed by atoms with van der Waals surface area (Å²) in [6.07, 6.45) is 0. The standard InChI is InChI=1S/C17H17F2NO4S/c1-11-3-8-15(12(2)9-11)24-10-16(21)20-13-4-6-14(7-5-13)25(22,23)17(18)19/h3-9,17H,10H2,1-2H3,(H,20,21). The van der Waals surface area contributed by atoms with Gasteiger partial charge in [-0.15, -0.1) is 0 Å². The van der Waals surface area contributed by atoms with Crippen LogP contribution in [0.15, 0.2) is 47.4 Å². The molecular weight excluding hydrogens is 352 g/mol. The second-order valence-electron chi connectivity index (χ2n) is 5.44. The number of rotatable bonds is 6. The Morgan fingerprint density at radius 2 is 1.76 bits per heavy atom. The zero-order chi connectivity index (χ0) is 18.6. The predicted molar refractivity (Wildman–Crippen MR) is 89.7 cm³/mol. The maximum Gasteiger partial charge on any atom is 0.341 e. The Balaban J connectivity index is 1.97. The van der Waals surface area contributed by atoms with Crippen molar-refractivity contribution in [2.75, 3.05) is 11.9 Å². The van der Waals surface area contributed by atoms with Crippen LogP contribution in [0.4, 0.5) is 14.5 Å². The molecule has 0 aliphatic carbocycles. The van der Waals surface area contributed by atoms with Crippen molar-refractivity contribution in [2.45, 2.75) is 24.5 Å². The molecule has 0 atom stereocenters. The number of halogens is 2. The Morgan fingerprint density at radius 1 is 1.12 bits per heavy atom. The number of anilines is 1. The highest BCUT2D eigenvalue weighted by atomic mass is 32.2. The Kier molecular flexibility index (Phi) is 5.73. The Bertz CT molecular complexity index is 865. The molecule has 0 unspecified atom stereocenters. The van der Waals surface area contributed by atoms with E-state index in [1.54, 1.807) is 6.07 Å². The summed E-state index contributed by atoms with van der Waals surface area (Å²) in [4.78, 5) is 11.4. The van der Waals surface area contributed by atoms with Gasteiger partial charge >= 0.3 is 5.76 Å². The van der Waals surface area contributed by atoms with Crippen molar-refractivity contribution in [1.29, 1.82) is 0 Å². The number of hydrogen-bond acceptors (Lipinski definition) is 4. The third kappa shape index (κ3) is 4.76. The quantitative estimate of drug-likeness (QED) is 0.848. The average molecular weight is 369 g/mol. The molecule has 5 nitrogen and oxygen atoms in total. The van der Waals surface area contributed by atoms with Crippen molar-refractivity contribution in [1.82, 2.24) is 0 Å². The van der Waals surface area contributed by atoms with Crippen LogP contribution in [0.25, 0.3) is 0 Å². The molecule has 0 radical (unpaired) electrons. The molecule has 8 heteroatoms. The summed E-state index contributed by atoms with van der Waals surface area (Å²) >= 11 is 0. The van der Waals surface area contributed by atoms with Crippen molar-refractivity contribution in [3.8, 4) is 5.75 Å². The van der Waals surface area contributed by atoms with Crippen LogP contribution >= 0.6 is 0 Å². The summed E-state index contributed by atoms with van der Waals surface area (Å²) in [6, 6.07) is 10.1. The van der Waals surface area contributed by atoms with Crippen molar-refractivity contribution < 1.29 is 26.7 Å². The Labute approximate surface area is 144 Å². The number of ether oxygens (including phenoxy) is 1. The zero-order valence-electron chi connectivity index (χ0n) is 13.6. The minimum absolute atomic E-state index is 0.235. The van der Waals surface area contributed by atoms with E-state index in [1.165, 1.54) is 12.1 Å². The molecule has 25 heavy (non-hydrogen) atoms. The third-order valence-electron chi connectivity index (χ3n) is 3.39. The van der Waals surface area contributed by atoms with E-state index in [2.05, 4.69) is 5.32 Å². The molecule has 2 aromatic rings. The van der Waals surface area contributed by atoms with Crippen molar-refractivity contribution in [3.05, 3.63) is 53.6 Å². The van der Waals surface area contributed by atoms with E-state index in [0.29, 0.717) is 5.75 Å². The molecule has 1 amide bonds. The average Bonchev–Trinajstić information content (AvgIpc) is 2.54. The number of aryl methyl sites for hydroxylation is 2. The number of amides is 1. The van der Waals surface area contributed by atoms with Gasteiger partial charge in [0.15, 0.2) is 6.61 Å². The van der Waals surface area contributed by atoms with Gasteiger partial charge in [-0.3, -0.25) is 4.79 Å². The van der Waals surface area contributed by atoms with E-state index in [4.69, 9.17) is 4.74 Å². The molecule has 0 spiro atoms.